The first-order chi connectivity index (χ1) is 15.4. The molecule has 1 atom stereocenters. The zero-order chi connectivity index (χ0) is 22.7. The van der Waals surface area contributed by atoms with Crippen molar-refractivity contribution in [2.24, 2.45) is 0 Å². The third kappa shape index (κ3) is 4.60. The standard InChI is InChI=1S/C24H22N4O3S/c1-15(24(30)26-19-6-4-5-18(13-19)22-14-32-16(2)25-22)28-23(29)12-11-21(27-28)17-7-9-20(31-3)10-8-17/h4-15H,1-3H3,(H,26,30)/t15-/m0/s1. The van der Waals surface area contributed by atoms with E-state index in [0.29, 0.717) is 11.4 Å². The number of nitrogens with zero attached hydrogens (tertiary/aromatic N) is 3. The Hall–Kier alpha value is -3.78. The van der Waals surface area contributed by atoms with Crippen molar-refractivity contribution in [1.82, 2.24) is 14.8 Å². The summed E-state index contributed by atoms with van der Waals surface area (Å²) in [5, 5.41) is 10.3. The number of methoxy groups -OCH3 is 1. The van der Waals surface area contributed by atoms with E-state index in [9.17, 15) is 9.59 Å². The third-order valence-corrected chi connectivity index (χ3v) is 5.78. The van der Waals surface area contributed by atoms with Crippen LogP contribution in [-0.4, -0.2) is 27.8 Å². The molecule has 0 spiro atoms. The van der Waals surface area contributed by atoms with E-state index in [2.05, 4.69) is 15.4 Å². The topological polar surface area (TPSA) is 86.1 Å². The van der Waals surface area contributed by atoms with Crippen LogP contribution in [-0.2, 0) is 4.79 Å². The maximum Gasteiger partial charge on any atom is 0.267 e. The molecule has 0 aliphatic carbocycles. The molecule has 0 aliphatic rings. The number of hydrogen-bond donors (Lipinski definition) is 1. The van der Waals surface area contributed by atoms with Crippen LogP contribution in [0.1, 0.15) is 18.0 Å². The molecular weight excluding hydrogens is 424 g/mol. The van der Waals surface area contributed by atoms with Crippen molar-refractivity contribution in [3.05, 3.63) is 81.4 Å². The van der Waals surface area contributed by atoms with Crippen LogP contribution in [0.5, 0.6) is 5.75 Å². The molecule has 0 unspecified atom stereocenters. The van der Waals surface area contributed by atoms with Crippen LogP contribution in [0.4, 0.5) is 5.69 Å². The second kappa shape index (κ2) is 9.15. The van der Waals surface area contributed by atoms with Gasteiger partial charge in [0.25, 0.3) is 5.56 Å². The van der Waals surface area contributed by atoms with Gasteiger partial charge in [0.2, 0.25) is 5.91 Å². The maximum absolute atomic E-state index is 12.9. The van der Waals surface area contributed by atoms with Crippen LogP contribution in [0.25, 0.3) is 22.5 Å². The highest BCUT2D eigenvalue weighted by Gasteiger charge is 2.18. The van der Waals surface area contributed by atoms with Crippen molar-refractivity contribution in [3.63, 3.8) is 0 Å². The van der Waals surface area contributed by atoms with E-state index < -0.39 is 6.04 Å². The lowest BCUT2D eigenvalue weighted by Crippen LogP contribution is -2.33. The maximum atomic E-state index is 12.9. The first kappa shape index (κ1) is 21.5. The first-order valence-electron chi connectivity index (χ1n) is 10.0. The lowest BCUT2D eigenvalue weighted by atomic mass is 10.1. The average molecular weight is 447 g/mol. The molecule has 7 nitrogen and oxygen atoms in total. The minimum Gasteiger partial charge on any atom is -0.497 e. The van der Waals surface area contributed by atoms with Crippen LogP contribution in [0.2, 0.25) is 0 Å². The van der Waals surface area contributed by atoms with Gasteiger partial charge in [-0.25, -0.2) is 9.67 Å². The Balaban J connectivity index is 1.55. The van der Waals surface area contributed by atoms with Gasteiger partial charge < -0.3 is 10.1 Å². The fourth-order valence-corrected chi connectivity index (χ4v) is 3.85. The second-order valence-corrected chi connectivity index (χ2v) is 8.29. The van der Waals surface area contributed by atoms with Gasteiger partial charge in [0.05, 0.1) is 23.5 Å². The van der Waals surface area contributed by atoms with Gasteiger partial charge in [0, 0.05) is 28.3 Å². The van der Waals surface area contributed by atoms with E-state index in [1.807, 2.05) is 54.8 Å². The number of amides is 1. The zero-order valence-corrected chi connectivity index (χ0v) is 18.7. The lowest BCUT2D eigenvalue weighted by Gasteiger charge is -2.15. The van der Waals surface area contributed by atoms with E-state index in [-0.39, 0.29) is 11.5 Å². The van der Waals surface area contributed by atoms with Crippen molar-refractivity contribution in [2.45, 2.75) is 19.9 Å². The van der Waals surface area contributed by atoms with Gasteiger partial charge in [-0.3, -0.25) is 9.59 Å². The normalized spacial score (nSPS) is 11.7. The molecule has 2 heterocycles. The van der Waals surface area contributed by atoms with Crippen LogP contribution < -0.4 is 15.6 Å². The van der Waals surface area contributed by atoms with Gasteiger partial charge in [0.15, 0.2) is 0 Å². The molecule has 8 heteroatoms. The molecule has 0 aliphatic heterocycles. The smallest absolute Gasteiger partial charge is 0.267 e. The summed E-state index contributed by atoms with van der Waals surface area (Å²) in [5.74, 6) is 0.392. The molecule has 2 aromatic carbocycles. The molecule has 4 aromatic rings. The van der Waals surface area contributed by atoms with Gasteiger partial charge in [-0.2, -0.15) is 5.10 Å². The number of rotatable bonds is 6. The fraction of sp³-hybridized carbons (Fsp3) is 0.167. The molecule has 162 valence electrons. The Bertz CT molecular complexity index is 1310. The highest BCUT2D eigenvalue weighted by atomic mass is 32.1. The van der Waals surface area contributed by atoms with Crippen LogP contribution >= 0.6 is 11.3 Å². The van der Waals surface area contributed by atoms with Crippen LogP contribution in [0.15, 0.2) is 70.8 Å². The number of nitrogens with one attached hydrogen (secondary N) is 1. The second-order valence-electron chi connectivity index (χ2n) is 7.23. The van der Waals surface area contributed by atoms with E-state index in [4.69, 9.17) is 4.74 Å². The van der Waals surface area contributed by atoms with Gasteiger partial charge >= 0.3 is 0 Å². The fourth-order valence-electron chi connectivity index (χ4n) is 3.23. The largest absolute Gasteiger partial charge is 0.497 e. The Morgan fingerprint density at radius 1 is 1.06 bits per heavy atom. The van der Waals surface area contributed by atoms with Crippen LogP contribution in [0, 0.1) is 6.92 Å². The Labute approximate surface area is 189 Å². The molecule has 0 saturated heterocycles. The van der Waals surface area contributed by atoms with Gasteiger partial charge in [-0.05, 0) is 56.3 Å². The van der Waals surface area contributed by atoms with Gasteiger partial charge in [0.1, 0.15) is 11.8 Å². The van der Waals surface area contributed by atoms with Crippen molar-refractivity contribution in [2.75, 3.05) is 12.4 Å². The number of carbonyl (C=O) groups excluding carboxylic acids is 1. The average Bonchev–Trinajstić information content (AvgIpc) is 3.25. The summed E-state index contributed by atoms with van der Waals surface area (Å²) >= 11 is 1.57. The highest BCUT2D eigenvalue weighted by Crippen LogP contribution is 2.25. The van der Waals surface area contributed by atoms with E-state index in [1.165, 1.54) is 10.7 Å². The molecule has 0 radical (unpaired) electrons. The van der Waals surface area contributed by atoms with Crippen molar-refractivity contribution in [1.29, 1.82) is 0 Å². The molecule has 0 saturated carbocycles. The monoisotopic (exact) mass is 446 g/mol. The minimum atomic E-state index is -0.800. The number of ether oxygens (including phenoxy) is 1. The van der Waals surface area contributed by atoms with E-state index in [1.54, 1.807) is 37.5 Å². The summed E-state index contributed by atoms with van der Waals surface area (Å²) in [5.41, 5.74) is 3.46. The van der Waals surface area contributed by atoms with Gasteiger partial charge in [-0.1, -0.05) is 12.1 Å². The summed E-state index contributed by atoms with van der Waals surface area (Å²) in [6, 6.07) is 17.1. The summed E-state index contributed by atoms with van der Waals surface area (Å²) in [6.07, 6.45) is 0. The summed E-state index contributed by atoms with van der Waals surface area (Å²) in [6.45, 7) is 3.60. The quantitative estimate of drug-likeness (QED) is 0.470. The van der Waals surface area contributed by atoms with E-state index in [0.717, 1.165) is 27.6 Å². The number of hydrogen-bond acceptors (Lipinski definition) is 6. The number of anilines is 1. The molecule has 1 amide bonds. The van der Waals surface area contributed by atoms with E-state index >= 15 is 0 Å². The number of aromatic nitrogens is 3. The molecule has 0 fully saturated rings. The summed E-state index contributed by atoms with van der Waals surface area (Å²) in [4.78, 5) is 29.8. The number of thiazole rings is 1. The molecule has 2 aromatic heterocycles. The molecule has 32 heavy (non-hydrogen) atoms. The molecule has 0 bridgehead atoms. The lowest BCUT2D eigenvalue weighted by molar-refractivity contribution is -0.119. The van der Waals surface area contributed by atoms with Crippen molar-refractivity contribution < 1.29 is 9.53 Å². The summed E-state index contributed by atoms with van der Waals surface area (Å²) < 4.78 is 6.38. The SMILES string of the molecule is COc1ccc(-c2ccc(=O)n([C@@H](C)C(=O)Nc3cccc(-c4csc(C)n4)c3)n2)cc1. The molecule has 1 N–H and O–H groups in total. The summed E-state index contributed by atoms with van der Waals surface area (Å²) in [7, 11) is 1.60. The predicted molar refractivity (Wildman–Crippen MR) is 126 cm³/mol. The molecule has 4 rings (SSSR count). The minimum absolute atomic E-state index is 0.335. The number of carbonyl (C=O) groups is 1. The Morgan fingerprint density at radius 3 is 2.53 bits per heavy atom. The third-order valence-electron chi connectivity index (χ3n) is 5.00. The first-order valence-corrected chi connectivity index (χ1v) is 10.9. The highest BCUT2D eigenvalue weighted by molar-refractivity contribution is 7.09. The predicted octanol–water partition coefficient (Wildman–Crippen LogP) is 4.55. The zero-order valence-electron chi connectivity index (χ0n) is 17.9. The molecular formula is C24H22N4O3S. The Morgan fingerprint density at radius 2 is 1.84 bits per heavy atom. The van der Waals surface area contributed by atoms with Crippen molar-refractivity contribution in [3.8, 4) is 28.3 Å². The van der Waals surface area contributed by atoms with Crippen molar-refractivity contribution >= 4 is 22.9 Å². The number of aryl methyl sites for hydroxylation is 1. The Kier molecular flexibility index (Phi) is 6.13. The van der Waals surface area contributed by atoms with Crippen LogP contribution in [0.3, 0.4) is 0 Å². The van der Waals surface area contributed by atoms with Gasteiger partial charge in [-0.15, -0.1) is 11.3 Å². The number of benzene rings is 2.